The maximum Gasteiger partial charge on any atom is 0.158 e. The Morgan fingerprint density at radius 1 is 0.838 bits per heavy atom. The summed E-state index contributed by atoms with van der Waals surface area (Å²) in [4.78, 5) is 0. The molecule has 0 bridgehead atoms. The Bertz CT molecular complexity index is 642. The fourth-order valence-corrected chi connectivity index (χ4v) is 6.14. The molecule has 8 heteroatoms. The fraction of sp³-hybridized carbons (Fsp3) is 0.931. The molecule has 1 aliphatic carbocycles. The van der Waals surface area contributed by atoms with E-state index >= 15 is 0 Å². The standard InChI is InChI=1S/C29H50O8/c1-2-9-22(35-27-10-3-6-15-32-27)13-14-23-24(18-21(31)20-30)26(37-29-12-5-8-17-34-29)19-25(23)36-28-11-4-7-16-33-28/h13-14,21-31H,2-12,15-20H2,1H3/b14-13+/t21?,22-,23+,24+,25+,26-,27?,28?,29?/m0/s1. The Morgan fingerprint density at radius 2 is 1.43 bits per heavy atom. The van der Waals surface area contributed by atoms with Gasteiger partial charge < -0.3 is 38.6 Å². The minimum Gasteiger partial charge on any atom is -0.394 e. The van der Waals surface area contributed by atoms with Crippen LogP contribution in [-0.4, -0.2) is 79.9 Å². The molecule has 214 valence electrons. The van der Waals surface area contributed by atoms with Crippen molar-refractivity contribution in [3.8, 4) is 0 Å². The van der Waals surface area contributed by atoms with Crippen molar-refractivity contribution in [1.82, 2.24) is 0 Å². The number of hydrogen-bond donors (Lipinski definition) is 2. The van der Waals surface area contributed by atoms with Gasteiger partial charge in [0, 0.05) is 32.2 Å². The van der Waals surface area contributed by atoms with Gasteiger partial charge in [0.2, 0.25) is 0 Å². The average molecular weight is 527 g/mol. The largest absolute Gasteiger partial charge is 0.394 e. The smallest absolute Gasteiger partial charge is 0.158 e. The highest BCUT2D eigenvalue weighted by molar-refractivity contribution is 5.06. The van der Waals surface area contributed by atoms with Gasteiger partial charge in [-0.25, -0.2) is 0 Å². The third kappa shape index (κ3) is 9.24. The number of rotatable bonds is 13. The highest BCUT2D eigenvalue weighted by Gasteiger charge is 2.46. The van der Waals surface area contributed by atoms with Crippen LogP contribution in [0.15, 0.2) is 12.2 Å². The summed E-state index contributed by atoms with van der Waals surface area (Å²) in [7, 11) is 0. The summed E-state index contributed by atoms with van der Waals surface area (Å²) in [6.45, 7) is 4.12. The summed E-state index contributed by atoms with van der Waals surface area (Å²) in [5, 5.41) is 20.1. The van der Waals surface area contributed by atoms with Crippen LogP contribution >= 0.6 is 0 Å². The molecule has 3 saturated heterocycles. The molecule has 4 unspecified atom stereocenters. The first-order chi connectivity index (χ1) is 18.2. The van der Waals surface area contributed by atoms with Crippen LogP contribution in [0.2, 0.25) is 0 Å². The van der Waals surface area contributed by atoms with Crippen molar-refractivity contribution >= 4 is 0 Å². The summed E-state index contributed by atoms with van der Waals surface area (Å²) in [5.74, 6) is 0.00118. The van der Waals surface area contributed by atoms with Crippen molar-refractivity contribution in [2.75, 3.05) is 26.4 Å². The molecule has 8 nitrogen and oxygen atoms in total. The van der Waals surface area contributed by atoms with E-state index in [-0.39, 0.29) is 55.6 Å². The third-order valence-corrected chi connectivity index (χ3v) is 8.14. The van der Waals surface area contributed by atoms with Crippen molar-refractivity contribution in [2.45, 2.75) is 134 Å². The van der Waals surface area contributed by atoms with Gasteiger partial charge in [0.1, 0.15) is 0 Å². The maximum atomic E-state index is 10.5. The second-order valence-electron chi connectivity index (χ2n) is 11.1. The van der Waals surface area contributed by atoms with E-state index in [2.05, 4.69) is 19.1 Å². The topological polar surface area (TPSA) is 95.8 Å². The Morgan fingerprint density at radius 3 is 1.97 bits per heavy atom. The molecule has 0 amide bonds. The molecule has 3 aliphatic heterocycles. The first kappa shape index (κ1) is 29.4. The summed E-state index contributed by atoms with van der Waals surface area (Å²) >= 11 is 0. The Hall–Kier alpha value is -0.580. The summed E-state index contributed by atoms with van der Waals surface area (Å²) in [5.41, 5.74) is 0. The lowest BCUT2D eigenvalue weighted by Gasteiger charge is -2.31. The van der Waals surface area contributed by atoms with Crippen molar-refractivity contribution in [3.63, 3.8) is 0 Å². The monoisotopic (exact) mass is 526 g/mol. The van der Waals surface area contributed by atoms with E-state index in [1.807, 2.05) is 0 Å². The zero-order valence-corrected chi connectivity index (χ0v) is 22.7. The van der Waals surface area contributed by atoms with Gasteiger partial charge >= 0.3 is 0 Å². The van der Waals surface area contributed by atoms with Crippen molar-refractivity contribution < 1.29 is 38.6 Å². The van der Waals surface area contributed by atoms with E-state index in [0.29, 0.717) is 12.8 Å². The molecule has 0 aromatic carbocycles. The number of aliphatic hydroxyl groups excluding tert-OH is 2. The van der Waals surface area contributed by atoms with E-state index in [1.54, 1.807) is 0 Å². The predicted molar refractivity (Wildman–Crippen MR) is 139 cm³/mol. The van der Waals surface area contributed by atoms with Crippen LogP contribution in [0, 0.1) is 11.8 Å². The molecule has 3 heterocycles. The van der Waals surface area contributed by atoms with Gasteiger partial charge in [-0.2, -0.15) is 0 Å². The first-order valence-corrected chi connectivity index (χ1v) is 14.9. The molecule has 0 aromatic heterocycles. The Kier molecular flexibility index (Phi) is 12.6. The van der Waals surface area contributed by atoms with Crippen molar-refractivity contribution in [2.24, 2.45) is 11.8 Å². The summed E-state index contributed by atoms with van der Waals surface area (Å²) in [6, 6.07) is 0. The molecule has 4 fully saturated rings. The molecule has 9 atom stereocenters. The van der Waals surface area contributed by atoms with Gasteiger partial charge in [-0.05, 0) is 76.5 Å². The highest BCUT2D eigenvalue weighted by atomic mass is 16.7. The van der Waals surface area contributed by atoms with Gasteiger partial charge in [-0.1, -0.05) is 25.5 Å². The number of hydrogen-bond acceptors (Lipinski definition) is 8. The summed E-state index contributed by atoms with van der Waals surface area (Å²) < 4.78 is 37.1. The molecule has 1 saturated carbocycles. The first-order valence-electron chi connectivity index (χ1n) is 14.9. The van der Waals surface area contributed by atoms with Gasteiger partial charge in [0.25, 0.3) is 0 Å². The Balaban J connectivity index is 1.51. The molecule has 0 radical (unpaired) electrons. The van der Waals surface area contributed by atoms with Crippen LogP contribution in [-0.2, 0) is 28.4 Å². The SMILES string of the molecule is CCC[C@@H](/C=C/[C@@H]1[C@@H](CC(O)CO)[C@@H](OC2CCCCO2)C[C@H]1OC1CCCCO1)OC1CCCCO1. The maximum absolute atomic E-state index is 10.5. The van der Waals surface area contributed by atoms with E-state index in [1.165, 1.54) is 0 Å². The lowest BCUT2D eigenvalue weighted by molar-refractivity contribution is -0.204. The Labute approximate surface area is 223 Å². The van der Waals surface area contributed by atoms with Gasteiger partial charge in [-0.3, -0.25) is 0 Å². The van der Waals surface area contributed by atoms with Gasteiger partial charge in [0.05, 0.1) is 31.0 Å². The molecule has 4 aliphatic rings. The van der Waals surface area contributed by atoms with E-state index in [9.17, 15) is 10.2 Å². The van der Waals surface area contributed by atoms with Crippen LogP contribution in [0.1, 0.15) is 90.4 Å². The molecule has 4 rings (SSSR count). The third-order valence-electron chi connectivity index (χ3n) is 8.14. The predicted octanol–water partition coefficient (Wildman–Crippen LogP) is 4.46. The van der Waals surface area contributed by atoms with E-state index in [0.717, 1.165) is 90.4 Å². The normalized spacial score (nSPS) is 37.1. The molecule has 2 N–H and O–H groups in total. The van der Waals surface area contributed by atoms with Crippen LogP contribution < -0.4 is 0 Å². The van der Waals surface area contributed by atoms with Crippen molar-refractivity contribution in [3.05, 3.63) is 12.2 Å². The lowest BCUT2D eigenvalue weighted by Crippen LogP contribution is -2.34. The highest BCUT2D eigenvalue weighted by Crippen LogP contribution is 2.42. The molecule has 0 spiro atoms. The second-order valence-corrected chi connectivity index (χ2v) is 11.1. The molecular formula is C29H50O8. The zero-order chi connectivity index (χ0) is 25.9. The minimum absolute atomic E-state index is 0.00859. The average Bonchev–Trinajstić information content (AvgIpc) is 3.23. The second kappa shape index (κ2) is 15.9. The molecule has 37 heavy (non-hydrogen) atoms. The molecule has 0 aromatic rings. The van der Waals surface area contributed by atoms with Crippen LogP contribution in [0.5, 0.6) is 0 Å². The van der Waals surface area contributed by atoms with Gasteiger partial charge in [-0.15, -0.1) is 0 Å². The minimum atomic E-state index is -0.803. The zero-order valence-electron chi connectivity index (χ0n) is 22.7. The van der Waals surface area contributed by atoms with Crippen LogP contribution in [0.25, 0.3) is 0 Å². The number of aliphatic hydroxyl groups is 2. The van der Waals surface area contributed by atoms with Crippen LogP contribution in [0.4, 0.5) is 0 Å². The van der Waals surface area contributed by atoms with Crippen LogP contribution in [0.3, 0.4) is 0 Å². The van der Waals surface area contributed by atoms with E-state index < -0.39 is 6.10 Å². The number of ether oxygens (including phenoxy) is 6. The van der Waals surface area contributed by atoms with Gasteiger partial charge in [0.15, 0.2) is 18.9 Å². The molecular weight excluding hydrogens is 476 g/mol. The quantitative estimate of drug-likeness (QED) is 0.340. The van der Waals surface area contributed by atoms with Crippen molar-refractivity contribution in [1.29, 1.82) is 0 Å². The fourth-order valence-electron chi connectivity index (χ4n) is 6.14. The lowest BCUT2D eigenvalue weighted by atomic mass is 9.87. The van der Waals surface area contributed by atoms with E-state index in [4.69, 9.17) is 28.4 Å². The summed E-state index contributed by atoms with van der Waals surface area (Å²) in [6.07, 6.45) is 15.1.